The predicted molar refractivity (Wildman–Crippen MR) is 96.2 cm³/mol. The minimum Gasteiger partial charge on any atom is -0.435 e. The highest BCUT2D eigenvalue weighted by Crippen LogP contribution is 2.40. The number of piperidine rings is 1. The van der Waals surface area contributed by atoms with E-state index in [0.717, 1.165) is 12.8 Å². The molecule has 0 spiro atoms. The van der Waals surface area contributed by atoms with Crippen molar-refractivity contribution in [3.63, 3.8) is 0 Å². The van der Waals surface area contributed by atoms with Crippen LogP contribution in [0.15, 0.2) is 29.2 Å². The summed E-state index contributed by atoms with van der Waals surface area (Å²) in [5.41, 5.74) is -0.815. The SMILES string of the molecule is CC(C)(O)CN[C@H]1C[C@H]2CC[C@@H](C1)N2S(=O)(=O)c1ccc(OC(F)F)cc1. The first kappa shape index (κ1) is 20.4. The van der Waals surface area contributed by atoms with Crippen molar-refractivity contribution >= 4 is 10.0 Å². The predicted octanol–water partition coefficient (Wildman–Crippen LogP) is 2.33. The maximum atomic E-state index is 13.1. The Morgan fingerprint density at radius 2 is 1.78 bits per heavy atom. The molecule has 0 aliphatic carbocycles. The van der Waals surface area contributed by atoms with Crippen LogP contribution in [0.2, 0.25) is 0 Å². The minimum atomic E-state index is -3.70. The van der Waals surface area contributed by atoms with Gasteiger partial charge in [0.2, 0.25) is 10.0 Å². The van der Waals surface area contributed by atoms with Gasteiger partial charge < -0.3 is 15.2 Å². The van der Waals surface area contributed by atoms with E-state index in [0.29, 0.717) is 19.4 Å². The number of benzene rings is 1. The van der Waals surface area contributed by atoms with Crippen LogP contribution in [0.5, 0.6) is 5.75 Å². The lowest BCUT2D eigenvalue weighted by Crippen LogP contribution is -2.53. The standard InChI is InChI=1S/C18H26F2N2O4S/c1-18(2,23)11-21-12-9-13-3-4-14(10-12)22(13)27(24,25)16-7-5-15(6-8-16)26-17(19)20/h5-8,12-14,17,21,23H,3-4,9-11H2,1-2H3/t12-,13+,14-. The van der Waals surface area contributed by atoms with Gasteiger partial charge in [-0.15, -0.1) is 0 Å². The van der Waals surface area contributed by atoms with E-state index in [-0.39, 0.29) is 28.8 Å². The quantitative estimate of drug-likeness (QED) is 0.729. The van der Waals surface area contributed by atoms with E-state index in [1.807, 2.05) is 0 Å². The topological polar surface area (TPSA) is 78.9 Å². The number of nitrogens with one attached hydrogen (secondary N) is 1. The van der Waals surface area contributed by atoms with Crippen LogP contribution in [-0.2, 0) is 10.0 Å². The van der Waals surface area contributed by atoms with Crippen LogP contribution < -0.4 is 10.1 Å². The van der Waals surface area contributed by atoms with Crippen LogP contribution in [0, 0.1) is 0 Å². The van der Waals surface area contributed by atoms with Crippen molar-refractivity contribution in [2.45, 2.75) is 74.8 Å². The molecule has 3 rings (SSSR count). The third-order valence-corrected chi connectivity index (χ3v) is 7.13. The van der Waals surface area contributed by atoms with Gasteiger partial charge in [-0.2, -0.15) is 13.1 Å². The average molecular weight is 404 g/mol. The Labute approximate surface area is 158 Å². The number of hydrogen-bond donors (Lipinski definition) is 2. The molecule has 0 saturated carbocycles. The monoisotopic (exact) mass is 404 g/mol. The van der Waals surface area contributed by atoms with Crippen LogP contribution in [0.3, 0.4) is 0 Å². The normalized spacial score (nSPS) is 26.5. The number of ether oxygens (including phenoxy) is 1. The highest BCUT2D eigenvalue weighted by atomic mass is 32.2. The van der Waals surface area contributed by atoms with Crippen molar-refractivity contribution in [1.29, 1.82) is 0 Å². The van der Waals surface area contributed by atoms with E-state index in [9.17, 15) is 22.3 Å². The van der Waals surface area contributed by atoms with Gasteiger partial charge in [0.15, 0.2) is 0 Å². The summed E-state index contributed by atoms with van der Waals surface area (Å²) in [6.45, 7) is 0.972. The number of halogens is 2. The fraction of sp³-hybridized carbons (Fsp3) is 0.667. The average Bonchev–Trinajstić information content (AvgIpc) is 2.84. The summed E-state index contributed by atoms with van der Waals surface area (Å²) in [6, 6.07) is 5.10. The van der Waals surface area contributed by atoms with Crippen molar-refractivity contribution in [1.82, 2.24) is 9.62 Å². The Morgan fingerprint density at radius 3 is 2.26 bits per heavy atom. The Kier molecular flexibility index (Phi) is 5.77. The van der Waals surface area contributed by atoms with E-state index >= 15 is 0 Å². The zero-order chi connectivity index (χ0) is 19.8. The number of aliphatic hydroxyl groups is 1. The van der Waals surface area contributed by atoms with Crippen molar-refractivity contribution in [2.24, 2.45) is 0 Å². The first-order valence-electron chi connectivity index (χ1n) is 9.10. The van der Waals surface area contributed by atoms with E-state index in [1.165, 1.54) is 24.3 Å². The Bertz CT molecular complexity index is 736. The number of rotatable bonds is 7. The molecule has 9 heteroatoms. The molecule has 1 aromatic rings. The van der Waals surface area contributed by atoms with Gasteiger partial charge in [-0.05, 0) is 63.8 Å². The van der Waals surface area contributed by atoms with Crippen LogP contribution in [0.25, 0.3) is 0 Å². The third kappa shape index (κ3) is 4.77. The zero-order valence-electron chi connectivity index (χ0n) is 15.4. The molecule has 2 heterocycles. The van der Waals surface area contributed by atoms with Crippen molar-refractivity contribution in [2.75, 3.05) is 6.54 Å². The summed E-state index contributed by atoms with van der Waals surface area (Å²) in [7, 11) is -3.70. The molecule has 0 unspecified atom stereocenters. The summed E-state index contributed by atoms with van der Waals surface area (Å²) in [5.74, 6) is -0.0681. The number of nitrogens with zero attached hydrogens (tertiary/aromatic N) is 1. The first-order chi connectivity index (χ1) is 12.6. The molecule has 2 saturated heterocycles. The van der Waals surface area contributed by atoms with Crippen molar-refractivity contribution < 1.29 is 27.0 Å². The van der Waals surface area contributed by atoms with E-state index in [2.05, 4.69) is 10.1 Å². The molecule has 2 fully saturated rings. The van der Waals surface area contributed by atoms with Gasteiger partial charge in [-0.1, -0.05) is 0 Å². The van der Waals surface area contributed by atoms with Crippen LogP contribution in [0.4, 0.5) is 8.78 Å². The number of hydrogen-bond acceptors (Lipinski definition) is 5. The first-order valence-corrected chi connectivity index (χ1v) is 10.5. The molecule has 0 aromatic heterocycles. The van der Waals surface area contributed by atoms with Crippen LogP contribution >= 0.6 is 0 Å². The van der Waals surface area contributed by atoms with Gasteiger partial charge in [-0.3, -0.25) is 0 Å². The highest BCUT2D eigenvalue weighted by Gasteiger charge is 2.47. The Hall–Kier alpha value is -1.29. The second kappa shape index (κ2) is 7.62. The second-order valence-corrected chi connectivity index (χ2v) is 9.77. The lowest BCUT2D eigenvalue weighted by atomic mass is 9.98. The smallest absolute Gasteiger partial charge is 0.387 e. The fourth-order valence-corrected chi connectivity index (χ4v) is 5.89. The molecule has 2 aliphatic rings. The molecule has 0 amide bonds. The summed E-state index contributed by atoms with van der Waals surface area (Å²) in [4.78, 5) is 0.0870. The summed E-state index contributed by atoms with van der Waals surface area (Å²) in [5, 5.41) is 13.2. The molecule has 1 aromatic carbocycles. The van der Waals surface area contributed by atoms with Gasteiger partial charge in [0.25, 0.3) is 0 Å². The van der Waals surface area contributed by atoms with E-state index in [1.54, 1.807) is 18.2 Å². The molecule has 6 nitrogen and oxygen atoms in total. The van der Waals surface area contributed by atoms with Crippen LogP contribution in [-0.4, -0.2) is 54.7 Å². The fourth-order valence-electron chi connectivity index (χ4n) is 4.00. The molecular formula is C18H26F2N2O4S. The largest absolute Gasteiger partial charge is 0.435 e. The Balaban J connectivity index is 1.71. The van der Waals surface area contributed by atoms with Crippen LogP contribution in [0.1, 0.15) is 39.5 Å². The third-order valence-electron chi connectivity index (χ3n) is 5.11. The lowest BCUT2D eigenvalue weighted by molar-refractivity contribution is -0.0498. The zero-order valence-corrected chi connectivity index (χ0v) is 16.3. The van der Waals surface area contributed by atoms with Gasteiger partial charge >= 0.3 is 6.61 Å². The summed E-state index contributed by atoms with van der Waals surface area (Å²) < 4.78 is 56.5. The molecule has 2 aliphatic heterocycles. The van der Waals surface area contributed by atoms with Gasteiger partial charge in [0.05, 0.1) is 10.5 Å². The summed E-state index contributed by atoms with van der Waals surface area (Å²) in [6.07, 6.45) is 2.99. The van der Waals surface area contributed by atoms with Crippen molar-refractivity contribution in [3.05, 3.63) is 24.3 Å². The molecule has 0 radical (unpaired) electrons. The molecule has 3 atom stereocenters. The molecule has 27 heavy (non-hydrogen) atoms. The van der Waals surface area contributed by atoms with Gasteiger partial charge in [0, 0.05) is 24.7 Å². The molecule has 2 N–H and O–H groups in total. The molecular weight excluding hydrogens is 378 g/mol. The van der Waals surface area contributed by atoms with Gasteiger partial charge in [0.1, 0.15) is 5.75 Å². The molecule has 2 bridgehead atoms. The lowest BCUT2D eigenvalue weighted by Gasteiger charge is -2.39. The van der Waals surface area contributed by atoms with E-state index in [4.69, 9.17) is 0 Å². The number of alkyl halides is 2. The minimum absolute atomic E-state index is 0.0681. The van der Waals surface area contributed by atoms with Gasteiger partial charge in [-0.25, -0.2) is 8.42 Å². The summed E-state index contributed by atoms with van der Waals surface area (Å²) >= 11 is 0. The Morgan fingerprint density at radius 1 is 1.22 bits per heavy atom. The number of sulfonamides is 1. The molecule has 152 valence electrons. The maximum absolute atomic E-state index is 13.1. The highest BCUT2D eigenvalue weighted by molar-refractivity contribution is 7.89. The van der Waals surface area contributed by atoms with E-state index < -0.39 is 22.2 Å². The maximum Gasteiger partial charge on any atom is 0.387 e. The number of fused-ring (bicyclic) bond motifs is 2. The second-order valence-electron chi connectivity index (χ2n) is 7.93. The van der Waals surface area contributed by atoms with Crippen molar-refractivity contribution in [3.8, 4) is 5.75 Å².